The van der Waals surface area contributed by atoms with Gasteiger partial charge in [-0.2, -0.15) is 0 Å². The summed E-state index contributed by atoms with van der Waals surface area (Å²) in [6.07, 6.45) is 0.177. The van der Waals surface area contributed by atoms with Gasteiger partial charge in [-0.3, -0.25) is 0 Å². The fourth-order valence-electron chi connectivity index (χ4n) is 2.03. The molecule has 0 saturated carbocycles. The minimum atomic E-state index is -0.144. The third kappa shape index (κ3) is 3.52. The number of hydrogen-bond donors (Lipinski definition) is 1. The summed E-state index contributed by atoms with van der Waals surface area (Å²) in [6.45, 7) is 4.02. The third-order valence-corrected chi connectivity index (χ3v) is 3.09. The summed E-state index contributed by atoms with van der Waals surface area (Å²) < 4.78 is 10.8. The second-order valence-electron chi connectivity index (χ2n) is 4.99. The van der Waals surface area contributed by atoms with E-state index in [0.717, 1.165) is 22.6 Å². The van der Waals surface area contributed by atoms with Crippen LogP contribution in [-0.2, 0) is 0 Å². The van der Waals surface area contributed by atoms with Crippen molar-refractivity contribution in [2.45, 2.75) is 26.0 Å². The lowest BCUT2D eigenvalue weighted by Crippen LogP contribution is -2.12. The van der Waals surface area contributed by atoms with Crippen LogP contribution in [0.5, 0.6) is 11.5 Å². The first-order chi connectivity index (χ1) is 9.60. The van der Waals surface area contributed by atoms with E-state index in [1.165, 1.54) is 0 Å². The first kappa shape index (κ1) is 14.4. The standard InChI is InChI=1S/C17H21NO2/c1-12(2)20-16-10-6-14(7-11-16)17(18)13-4-8-15(19-3)9-5-13/h4-12,17H,18H2,1-3H3. The molecule has 0 aliphatic rings. The summed E-state index contributed by atoms with van der Waals surface area (Å²) >= 11 is 0. The minimum Gasteiger partial charge on any atom is -0.497 e. The number of benzene rings is 2. The van der Waals surface area contributed by atoms with Gasteiger partial charge in [-0.05, 0) is 49.2 Å². The van der Waals surface area contributed by atoms with E-state index in [-0.39, 0.29) is 12.1 Å². The monoisotopic (exact) mass is 271 g/mol. The predicted molar refractivity (Wildman–Crippen MR) is 81.2 cm³/mol. The smallest absolute Gasteiger partial charge is 0.119 e. The fraction of sp³-hybridized carbons (Fsp3) is 0.294. The molecule has 0 fully saturated rings. The molecule has 1 atom stereocenters. The van der Waals surface area contributed by atoms with Gasteiger partial charge in [0.2, 0.25) is 0 Å². The molecule has 0 saturated heterocycles. The molecular formula is C17H21NO2. The summed E-state index contributed by atoms with van der Waals surface area (Å²) in [5.74, 6) is 1.70. The van der Waals surface area contributed by atoms with Gasteiger partial charge < -0.3 is 15.2 Å². The average molecular weight is 271 g/mol. The maximum absolute atomic E-state index is 6.28. The van der Waals surface area contributed by atoms with Gasteiger partial charge in [0.15, 0.2) is 0 Å². The number of ether oxygens (including phenoxy) is 2. The molecule has 3 heteroatoms. The van der Waals surface area contributed by atoms with Gasteiger partial charge in [0.1, 0.15) is 11.5 Å². The summed E-state index contributed by atoms with van der Waals surface area (Å²) in [7, 11) is 1.66. The molecule has 106 valence electrons. The molecular weight excluding hydrogens is 250 g/mol. The van der Waals surface area contributed by atoms with Crippen molar-refractivity contribution in [2.75, 3.05) is 7.11 Å². The highest BCUT2D eigenvalue weighted by Gasteiger charge is 2.09. The summed E-state index contributed by atoms with van der Waals surface area (Å²) in [5, 5.41) is 0. The zero-order chi connectivity index (χ0) is 14.5. The quantitative estimate of drug-likeness (QED) is 0.904. The lowest BCUT2D eigenvalue weighted by molar-refractivity contribution is 0.242. The van der Waals surface area contributed by atoms with E-state index in [0.29, 0.717) is 0 Å². The molecule has 1 unspecified atom stereocenters. The van der Waals surface area contributed by atoms with E-state index in [4.69, 9.17) is 15.2 Å². The Labute approximate surface area is 120 Å². The van der Waals surface area contributed by atoms with Crippen molar-refractivity contribution in [1.82, 2.24) is 0 Å². The lowest BCUT2D eigenvalue weighted by Gasteiger charge is -2.15. The highest BCUT2D eigenvalue weighted by molar-refractivity contribution is 5.37. The topological polar surface area (TPSA) is 44.5 Å². The zero-order valence-electron chi connectivity index (χ0n) is 12.2. The van der Waals surface area contributed by atoms with Crippen LogP contribution in [-0.4, -0.2) is 13.2 Å². The molecule has 0 bridgehead atoms. The van der Waals surface area contributed by atoms with E-state index in [1.807, 2.05) is 62.4 Å². The van der Waals surface area contributed by atoms with E-state index in [1.54, 1.807) is 7.11 Å². The molecule has 20 heavy (non-hydrogen) atoms. The van der Waals surface area contributed by atoms with Crippen LogP contribution in [0.1, 0.15) is 31.0 Å². The van der Waals surface area contributed by atoms with Crippen LogP contribution >= 0.6 is 0 Å². The maximum Gasteiger partial charge on any atom is 0.119 e. The fourth-order valence-corrected chi connectivity index (χ4v) is 2.03. The Bertz CT molecular complexity index is 532. The van der Waals surface area contributed by atoms with E-state index in [9.17, 15) is 0 Å². The summed E-state index contributed by atoms with van der Waals surface area (Å²) in [6, 6.07) is 15.6. The van der Waals surface area contributed by atoms with Crippen molar-refractivity contribution in [3.05, 3.63) is 59.7 Å². The Hall–Kier alpha value is -2.00. The van der Waals surface area contributed by atoms with E-state index < -0.39 is 0 Å². The molecule has 0 amide bonds. The molecule has 2 N–H and O–H groups in total. The molecule has 2 aromatic carbocycles. The second kappa shape index (κ2) is 6.44. The van der Waals surface area contributed by atoms with Gasteiger partial charge in [-0.15, -0.1) is 0 Å². The maximum atomic E-state index is 6.28. The molecule has 2 rings (SSSR count). The van der Waals surface area contributed by atoms with Gasteiger partial charge in [0, 0.05) is 0 Å². The highest BCUT2D eigenvalue weighted by Crippen LogP contribution is 2.24. The molecule has 0 aromatic heterocycles. The number of hydrogen-bond acceptors (Lipinski definition) is 3. The third-order valence-electron chi connectivity index (χ3n) is 3.09. The predicted octanol–water partition coefficient (Wildman–Crippen LogP) is 3.53. The molecule has 0 spiro atoms. The van der Waals surface area contributed by atoms with Crippen LogP contribution in [0.3, 0.4) is 0 Å². The summed E-state index contributed by atoms with van der Waals surface area (Å²) in [5.41, 5.74) is 8.40. The Kier molecular flexibility index (Phi) is 4.64. The number of methoxy groups -OCH3 is 1. The second-order valence-corrected chi connectivity index (χ2v) is 4.99. The van der Waals surface area contributed by atoms with Crippen molar-refractivity contribution in [3.8, 4) is 11.5 Å². The Morgan fingerprint density at radius 3 is 1.65 bits per heavy atom. The Morgan fingerprint density at radius 2 is 1.25 bits per heavy atom. The molecule has 0 aliphatic heterocycles. The van der Waals surface area contributed by atoms with Crippen molar-refractivity contribution in [1.29, 1.82) is 0 Å². The van der Waals surface area contributed by atoms with Gasteiger partial charge >= 0.3 is 0 Å². The number of rotatable bonds is 5. The van der Waals surface area contributed by atoms with E-state index in [2.05, 4.69) is 0 Å². The van der Waals surface area contributed by atoms with Crippen LogP contribution in [0.4, 0.5) is 0 Å². The van der Waals surface area contributed by atoms with Crippen LogP contribution in [0.25, 0.3) is 0 Å². The molecule has 2 aromatic rings. The van der Waals surface area contributed by atoms with Crippen molar-refractivity contribution < 1.29 is 9.47 Å². The van der Waals surface area contributed by atoms with Gasteiger partial charge in [-0.1, -0.05) is 24.3 Å². The Balaban J connectivity index is 2.13. The average Bonchev–Trinajstić information content (AvgIpc) is 2.47. The van der Waals surface area contributed by atoms with Gasteiger partial charge in [-0.25, -0.2) is 0 Å². The van der Waals surface area contributed by atoms with Crippen molar-refractivity contribution in [3.63, 3.8) is 0 Å². The van der Waals surface area contributed by atoms with Gasteiger partial charge in [0.05, 0.1) is 19.3 Å². The van der Waals surface area contributed by atoms with Gasteiger partial charge in [0.25, 0.3) is 0 Å². The van der Waals surface area contributed by atoms with Crippen molar-refractivity contribution in [2.24, 2.45) is 5.73 Å². The number of nitrogens with two attached hydrogens (primary N) is 1. The molecule has 0 radical (unpaired) electrons. The Morgan fingerprint density at radius 1 is 0.800 bits per heavy atom. The first-order valence-electron chi connectivity index (χ1n) is 6.76. The first-order valence-corrected chi connectivity index (χ1v) is 6.76. The van der Waals surface area contributed by atoms with Crippen LogP contribution in [0, 0.1) is 0 Å². The normalized spacial score (nSPS) is 12.2. The minimum absolute atomic E-state index is 0.144. The van der Waals surface area contributed by atoms with Crippen LogP contribution < -0.4 is 15.2 Å². The SMILES string of the molecule is COc1ccc(C(N)c2ccc(OC(C)C)cc2)cc1. The summed E-state index contributed by atoms with van der Waals surface area (Å²) in [4.78, 5) is 0. The van der Waals surface area contributed by atoms with Crippen LogP contribution in [0.2, 0.25) is 0 Å². The zero-order valence-corrected chi connectivity index (χ0v) is 12.2. The highest BCUT2D eigenvalue weighted by atomic mass is 16.5. The molecule has 0 aliphatic carbocycles. The largest absolute Gasteiger partial charge is 0.497 e. The van der Waals surface area contributed by atoms with Crippen molar-refractivity contribution >= 4 is 0 Å². The molecule has 3 nitrogen and oxygen atoms in total. The molecule has 0 heterocycles. The van der Waals surface area contributed by atoms with Crippen LogP contribution in [0.15, 0.2) is 48.5 Å². The lowest BCUT2D eigenvalue weighted by atomic mass is 9.99. The van der Waals surface area contributed by atoms with E-state index >= 15 is 0 Å².